The number of aromatic nitrogens is 2. The van der Waals surface area contributed by atoms with Crippen LogP contribution in [0, 0.1) is 5.92 Å². The van der Waals surface area contributed by atoms with Gasteiger partial charge in [0, 0.05) is 18.4 Å². The maximum Gasteiger partial charge on any atom is 0.274 e. The molecule has 23 heavy (non-hydrogen) atoms. The fourth-order valence-corrected chi connectivity index (χ4v) is 2.93. The quantitative estimate of drug-likeness (QED) is 0.854. The van der Waals surface area contributed by atoms with Crippen LogP contribution in [0.15, 0.2) is 29.1 Å². The molecule has 0 fully saturated rings. The van der Waals surface area contributed by atoms with Gasteiger partial charge in [-0.25, -0.2) is 4.68 Å². The molecule has 1 N–H and O–H groups in total. The van der Waals surface area contributed by atoms with Crippen LogP contribution >= 0.6 is 0 Å². The molecule has 124 valence electrons. The Hall–Kier alpha value is -2.17. The molecule has 5 heteroatoms. The maximum atomic E-state index is 12.4. The molecule has 0 bridgehead atoms. The molecule has 1 heterocycles. The summed E-state index contributed by atoms with van der Waals surface area (Å²) in [5.74, 6) is 0.136. The zero-order valence-electron chi connectivity index (χ0n) is 14.1. The summed E-state index contributed by atoms with van der Waals surface area (Å²) < 4.78 is 1.33. The van der Waals surface area contributed by atoms with E-state index in [0.29, 0.717) is 11.9 Å². The van der Waals surface area contributed by atoms with Crippen molar-refractivity contribution in [3.05, 3.63) is 40.3 Å². The third-order valence-corrected chi connectivity index (χ3v) is 4.11. The second-order valence-corrected chi connectivity index (χ2v) is 5.91. The van der Waals surface area contributed by atoms with Crippen LogP contribution in [-0.2, 0) is 18.4 Å². The third-order valence-electron chi connectivity index (χ3n) is 4.11. The maximum absolute atomic E-state index is 12.4. The normalized spacial score (nSPS) is 11.1. The lowest BCUT2D eigenvalue weighted by molar-refractivity contribution is -0.125. The predicted octanol–water partition coefficient (Wildman–Crippen LogP) is 2.77. The first-order valence-corrected chi connectivity index (χ1v) is 8.31. The first kappa shape index (κ1) is 17.2. The Labute approximate surface area is 136 Å². The molecule has 1 aromatic heterocycles. The van der Waals surface area contributed by atoms with Crippen molar-refractivity contribution < 1.29 is 4.79 Å². The molecule has 0 radical (unpaired) electrons. The Kier molecular flexibility index (Phi) is 5.90. The van der Waals surface area contributed by atoms with Crippen molar-refractivity contribution in [3.63, 3.8) is 0 Å². The molecule has 0 saturated heterocycles. The smallest absolute Gasteiger partial charge is 0.274 e. The molecule has 2 rings (SSSR count). The minimum Gasteiger partial charge on any atom is -0.350 e. The van der Waals surface area contributed by atoms with Crippen molar-refractivity contribution >= 4 is 16.7 Å². The number of nitrogens with zero attached hydrogens (tertiary/aromatic N) is 2. The standard InChI is InChI=1S/C18H25N3O2/c1-4-8-13(9-5-2)17(22)19-12-16-14-10-6-7-11-15(14)18(23)21(3)20-16/h6-7,10-11,13H,4-5,8-9,12H2,1-3H3,(H,19,22). The minimum atomic E-state index is -0.120. The molecule has 0 atom stereocenters. The van der Waals surface area contributed by atoms with E-state index < -0.39 is 0 Å². The molecule has 1 aromatic carbocycles. The van der Waals surface area contributed by atoms with Gasteiger partial charge in [0.15, 0.2) is 0 Å². The zero-order valence-corrected chi connectivity index (χ0v) is 14.1. The number of rotatable bonds is 7. The highest BCUT2D eigenvalue weighted by Crippen LogP contribution is 2.15. The van der Waals surface area contributed by atoms with Crippen molar-refractivity contribution in [2.75, 3.05) is 0 Å². The summed E-state index contributed by atoms with van der Waals surface area (Å²) in [5.41, 5.74) is 0.605. The topological polar surface area (TPSA) is 64.0 Å². The number of nitrogens with one attached hydrogen (secondary N) is 1. The van der Waals surface area contributed by atoms with Gasteiger partial charge in [0.25, 0.3) is 5.56 Å². The van der Waals surface area contributed by atoms with E-state index in [1.54, 1.807) is 13.1 Å². The monoisotopic (exact) mass is 315 g/mol. The number of fused-ring (bicyclic) bond motifs is 1. The Bertz CT molecular complexity index is 731. The summed E-state index contributed by atoms with van der Waals surface area (Å²) in [6, 6.07) is 7.39. The van der Waals surface area contributed by atoms with Gasteiger partial charge in [-0.15, -0.1) is 0 Å². The van der Waals surface area contributed by atoms with E-state index in [4.69, 9.17) is 0 Å². The second-order valence-electron chi connectivity index (χ2n) is 5.91. The van der Waals surface area contributed by atoms with Crippen LogP contribution in [-0.4, -0.2) is 15.7 Å². The van der Waals surface area contributed by atoms with Gasteiger partial charge >= 0.3 is 0 Å². The molecule has 0 aliphatic heterocycles. The summed E-state index contributed by atoms with van der Waals surface area (Å²) in [4.78, 5) is 24.5. The van der Waals surface area contributed by atoms with Crippen molar-refractivity contribution in [1.29, 1.82) is 0 Å². The van der Waals surface area contributed by atoms with Gasteiger partial charge < -0.3 is 5.32 Å². The molecule has 0 aliphatic carbocycles. The van der Waals surface area contributed by atoms with Crippen LogP contribution in [0.25, 0.3) is 10.8 Å². The van der Waals surface area contributed by atoms with Crippen molar-refractivity contribution in [2.24, 2.45) is 13.0 Å². The molecule has 0 saturated carbocycles. The third kappa shape index (κ3) is 3.97. The molecule has 5 nitrogen and oxygen atoms in total. The number of carbonyl (C=O) groups excluding carboxylic acids is 1. The number of hydrogen-bond donors (Lipinski definition) is 1. The lowest BCUT2D eigenvalue weighted by Crippen LogP contribution is -2.32. The molecule has 0 spiro atoms. The van der Waals surface area contributed by atoms with Gasteiger partial charge in [-0.2, -0.15) is 5.10 Å². The van der Waals surface area contributed by atoms with E-state index in [2.05, 4.69) is 24.3 Å². The highest BCUT2D eigenvalue weighted by molar-refractivity contribution is 5.84. The fraction of sp³-hybridized carbons (Fsp3) is 0.500. The zero-order chi connectivity index (χ0) is 16.8. The Morgan fingerprint density at radius 2 is 1.78 bits per heavy atom. The van der Waals surface area contributed by atoms with Crippen LogP contribution in [0.1, 0.15) is 45.2 Å². The molecular formula is C18H25N3O2. The van der Waals surface area contributed by atoms with Gasteiger partial charge in [0.05, 0.1) is 17.6 Å². The number of hydrogen-bond acceptors (Lipinski definition) is 3. The summed E-state index contributed by atoms with van der Waals surface area (Å²) >= 11 is 0. The van der Waals surface area contributed by atoms with Gasteiger partial charge in [0.1, 0.15) is 0 Å². The molecule has 1 amide bonds. The van der Waals surface area contributed by atoms with Crippen LogP contribution in [0.5, 0.6) is 0 Å². The van der Waals surface area contributed by atoms with Gasteiger partial charge in [-0.05, 0) is 18.9 Å². The molecule has 2 aromatic rings. The molecule has 0 aliphatic rings. The SMILES string of the molecule is CCCC(CCC)C(=O)NCc1nn(C)c(=O)c2ccccc12. The van der Waals surface area contributed by atoms with Gasteiger partial charge in [0.2, 0.25) is 5.91 Å². The Morgan fingerprint density at radius 3 is 2.39 bits per heavy atom. The predicted molar refractivity (Wildman–Crippen MR) is 92.1 cm³/mol. The summed E-state index contributed by atoms with van der Waals surface area (Å²) in [6.45, 7) is 4.54. The van der Waals surface area contributed by atoms with Crippen LogP contribution in [0.4, 0.5) is 0 Å². The van der Waals surface area contributed by atoms with Crippen LogP contribution < -0.4 is 10.9 Å². The average molecular weight is 315 g/mol. The molecular weight excluding hydrogens is 290 g/mol. The van der Waals surface area contributed by atoms with E-state index in [1.807, 2.05) is 18.2 Å². The largest absolute Gasteiger partial charge is 0.350 e. The summed E-state index contributed by atoms with van der Waals surface area (Å²) in [6.07, 6.45) is 3.81. The van der Waals surface area contributed by atoms with Crippen molar-refractivity contribution in [3.8, 4) is 0 Å². The average Bonchev–Trinajstić information content (AvgIpc) is 2.56. The highest BCUT2D eigenvalue weighted by Gasteiger charge is 2.17. The van der Waals surface area contributed by atoms with Gasteiger partial charge in [-0.1, -0.05) is 44.9 Å². The lowest BCUT2D eigenvalue weighted by atomic mass is 9.97. The second kappa shape index (κ2) is 7.90. The Balaban J connectivity index is 2.21. The molecule has 0 unspecified atom stereocenters. The fourth-order valence-electron chi connectivity index (χ4n) is 2.93. The number of amides is 1. The van der Waals surface area contributed by atoms with Gasteiger partial charge in [-0.3, -0.25) is 9.59 Å². The van der Waals surface area contributed by atoms with E-state index in [9.17, 15) is 9.59 Å². The first-order valence-electron chi connectivity index (χ1n) is 8.31. The minimum absolute atomic E-state index is 0.0591. The summed E-state index contributed by atoms with van der Waals surface area (Å²) in [5, 5.41) is 8.74. The van der Waals surface area contributed by atoms with Crippen LogP contribution in [0.2, 0.25) is 0 Å². The van der Waals surface area contributed by atoms with Crippen molar-refractivity contribution in [2.45, 2.75) is 46.1 Å². The number of carbonyl (C=O) groups is 1. The van der Waals surface area contributed by atoms with E-state index in [0.717, 1.165) is 36.8 Å². The Morgan fingerprint density at radius 1 is 1.17 bits per heavy atom. The number of aryl methyl sites for hydroxylation is 1. The number of benzene rings is 1. The van der Waals surface area contributed by atoms with Crippen LogP contribution in [0.3, 0.4) is 0 Å². The van der Waals surface area contributed by atoms with E-state index in [1.165, 1.54) is 4.68 Å². The van der Waals surface area contributed by atoms with E-state index in [-0.39, 0.29) is 17.4 Å². The summed E-state index contributed by atoms with van der Waals surface area (Å²) in [7, 11) is 1.64. The lowest BCUT2D eigenvalue weighted by Gasteiger charge is -2.15. The highest BCUT2D eigenvalue weighted by atomic mass is 16.2. The van der Waals surface area contributed by atoms with E-state index >= 15 is 0 Å². The van der Waals surface area contributed by atoms with Crippen molar-refractivity contribution in [1.82, 2.24) is 15.1 Å². The first-order chi connectivity index (χ1) is 11.1.